The fraction of sp³-hybridized carbons (Fsp3) is 0.400. The SMILES string of the molecule is C/C=C\C/C=C\C=C/C(C)N. The summed E-state index contributed by atoms with van der Waals surface area (Å²) in [6, 6.07) is 0.154. The van der Waals surface area contributed by atoms with Gasteiger partial charge >= 0.3 is 0 Å². The van der Waals surface area contributed by atoms with E-state index < -0.39 is 0 Å². The molecule has 0 rings (SSSR count). The lowest BCUT2D eigenvalue weighted by atomic mass is 10.3. The third kappa shape index (κ3) is 9.18. The predicted octanol–water partition coefficient (Wildman–Crippen LogP) is 2.41. The molecule has 0 aliphatic rings. The molecule has 0 aliphatic heterocycles. The van der Waals surface area contributed by atoms with Gasteiger partial charge < -0.3 is 5.73 Å². The third-order valence-electron chi connectivity index (χ3n) is 1.17. The Balaban J connectivity index is 3.44. The largest absolute Gasteiger partial charge is 0.325 e. The minimum Gasteiger partial charge on any atom is -0.325 e. The van der Waals surface area contributed by atoms with Crippen molar-refractivity contribution in [3.63, 3.8) is 0 Å². The molecule has 0 aliphatic carbocycles. The van der Waals surface area contributed by atoms with Gasteiger partial charge in [0.05, 0.1) is 0 Å². The lowest BCUT2D eigenvalue weighted by Gasteiger charge is -1.89. The predicted molar refractivity (Wildman–Crippen MR) is 51.4 cm³/mol. The van der Waals surface area contributed by atoms with Crippen molar-refractivity contribution in [1.29, 1.82) is 0 Å². The maximum Gasteiger partial charge on any atom is 0.0197 e. The molecule has 1 unspecified atom stereocenters. The Bertz CT molecular complexity index is 152. The van der Waals surface area contributed by atoms with Gasteiger partial charge in [-0.15, -0.1) is 0 Å². The molecule has 0 aromatic rings. The van der Waals surface area contributed by atoms with Crippen molar-refractivity contribution >= 4 is 0 Å². The molecule has 0 amide bonds. The molecular weight excluding hydrogens is 134 g/mol. The summed E-state index contributed by atoms with van der Waals surface area (Å²) < 4.78 is 0. The van der Waals surface area contributed by atoms with Gasteiger partial charge in [0.2, 0.25) is 0 Å². The van der Waals surface area contributed by atoms with Crippen LogP contribution >= 0.6 is 0 Å². The summed E-state index contributed by atoms with van der Waals surface area (Å²) in [7, 11) is 0. The molecule has 2 N–H and O–H groups in total. The van der Waals surface area contributed by atoms with E-state index in [-0.39, 0.29) is 6.04 Å². The molecule has 62 valence electrons. The molecule has 1 heteroatoms. The number of nitrogens with two attached hydrogens (primary N) is 1. The lowest BCUT2D eigenvalue weighted by molar-refractivity contribution is 0.926. The van der Waals surface area contributed by atoms with Crippen molar-refractivity contribution in [2.24, 2.45) is 5.73 Å². The molecule has 0 heterocycles. The fourth-order valence-corrected chi connectivity index (χ4v) is 0.611. The van der Waals surface area contributed by atoms with Crippen molar-refractivity contribution in [3.8, 4) is 0 Å². The van der Waals surface area contributed by atoms with Crippen LogP contribution in [0.15, 0.2) is 36.5 Å². The molecule has 0 fully saturated rings. The van der Waals surface area contributed by atoms with Crippen LogP contribution < -0.4 is 5.73 Å². The standard InChI is InChI=1S/C10H17N/c1-3-4-5-6-7-8-9-10(2)11/h3-4,6-10H,5,11H2,1-2H3/b4-3-,7-6-,9-8-. The number of hydrogen-bond acceptors (Lipinski definition) is 1. The molecule has 0 bridgehead atoms. The van der Waals surface area contributed by atoms with Crippen molar-refractivity contribution in [2.45, 2.75) is 26.3 Å². The van der Waals surface area contributed by atoms with Gasteiger partial charge in [-0.3, -0.25) is 0 Å². The zero-order valence-electron chi connectivity index (χ0n) is 7.33. The third-order valence-corrected chi connectivity index (χ3v) is 1.17. The van der Waals surface area contributed by atoms with Crippen molar-refractivity contribution < 1.29 is 0 Å². The Kier molecular flexibility index (Phi) is 6.75. The average molecular weight is 151 g/mol. The van der Waals surface area contributed by atoms with E-state index in [0.29, 0.717) is 0 Å². The fourth-order valence-electron chi connectivity index (χ4n) is 0.611. The highest BCUT2D eigenvalue weighted by Gasteiger charge is 1.78. The van der Waals surface area contributed by atoms with Crippen LogP contribution in [0.1, 0.15) is 20.3 Å². The Morgan fingerprint density at radius 1 is 1.27 bits per heavy atom. The first kappa shape index (κ1) is 10.2. The Labute approximate surface area is 69.3 Å². The molecule has 1 atom stereocenters. The summed E-state index contributed by atoms with van der Waals surface area (Å²) in [5.41, 5.74) is 5.50. The highest BCUT2D eigenvalue weighted by Crippen LogP contribution is 1.87. The number of allylic oxidation sites excluding steroid dienone is 5. The van der Waals surface area contributed by atoms with Crippen molar-refractivity contribution in [1.82, 2.24) is 0 Å². The lowest BCUT2D eigenvalue weighted by Crippen LogP contribution is -2.09. The Hall–Kier alpha value is -0.820. The zero-order valence-corrected chi connectivity index (χ0v) is 7.33. The minimum absolute atomic E-state index is 0.154. The second-order valence-corrected chi connectivity index (χ2v) is 2.48. The first-order chi connectivity index (χ1) is 5.27. The van der Waals surface area contributed by atoms with Gasteiger partial charge in [0.15, 0.2) is 0 Å². The second-order valence-electron chi connectivity index (χ2n) is 2.48. The summed E-state index contributed by atoms with van der Waals surface area (Å²) >= 11 is 0. The van der Waals surface area contributed by atoms with E-state index >= 15 is 0 Å². The molecule has 1 nitrogen and oxygen atoms in total. The van der Waals surface area contributed by atoms with Gasteiger partial charge in [-0.25, -0.2) is 0 Å². The molecule has 0 spiro atoms. The van der Waals surface area contributed by atoms with E-state index in [0.717, 1.165) is 6.42 Å². The first-order valence-electron chi connectivity index (χ1n) is 3.97. The van der Waals surface area contributed by atoms with Gasteiger partial charge in [-0.05, 0) is 20.3 Å². The normalized spacial score (nSPS) is 15.5. The second kappa shape index (κ2) is 7.29. The van der Waals surface area contributed by atoms with Crippen LogP contribution in [0.4, 0.5) is 0 Å². The van der Waals surface area contributed by atoms with Crippen LogP contribution in [0.25, 0.3) is 0 Å². The smallest absolute Gasteiger partial charge is 0.0197 e. The van der Waals surface area contributed by atoms with Crippen LogP contribution in [0.2, 0.25) is 0 Å². The van der Waals surface area contributed by atoms with Crippen molar-refractivity contribution in [3.05, 3.63) is 36.5 Å². The van der Waals surface area contributed by atoms with E-state index in [4.69, 9.17) is 5.73 Å². The topological polar surface area (TPSA) is 26.0 Å². The monoisotopic (exact) mass is 151 g/mol. The summed E-state index contributed by atoms with van der Waals surface area (Å²) in [5.74, 6) is 0. The average Bonchev–Trinajstić information content (AvgIpc) is 1.96. The quantitative estimate of drug-likeness (QED) is 0.484. The van der Waals surface area contributed by atoms with Crippen LogP contribution in [0.5, 0.6) is 0 Å². The molecule has 0 radical (unpaired) electrons. The highest BCUT2D eigenvalue weighted by molar-refractivity contribution is 5.06. The molecule has 0 aromatic heterocycles. The van der Waals surface area contributed by atoms with Crippen LogP contribution in [-0.2, 0) is 0 Å². The van der Waals surface area contributed by atoms with Crippen LogP contribution in [-0.4, -0.2) is 6.04 Å². The van der Waals surface area contributed by atoms with E-state index in [1.165, 1.54) is 0 Å². The van der Waals surface area contributed by atoms with Crippen LogP contribution in [0, 0.1) is 0 Å². The molecule has 0 saturated heterocycles. The Morgan fingerprint density at radius 3 is 2.55 bits per heavy atom. The molecule has 0 saturated carbocycles. The molecule has 11 heavy (non-hydrogen) atoms. The van der Waals surface area contributed by atoms with Crippen molar-refractivity contribution in [2.75, 3.05) is 0 Å². The maximum absolute atomic E-state index is 5.50. The summed E-state index contributed by atoms with van der Waals surface area (Å²) in [4.78, 5) is 0. The maximum atomic E-state index is 5.50. The van der Waals surface area contributed by atoms with Crippen LogP contribution in [0.3, 0.4) is 0 Å². The van der Waals surface area contributed by atoms with Gasteiger partial charge in [-0.1, -0.05) is 36.5 Å². The van der Waals surface area contributed by atoms with E-state index in [1.54, 1.807) is 0 Å². The van der Waals surface area contributed by atoms with Gasteiger partial charge in [0.1, 0.15) is 0 Å². The zero-order chi connectivity index (χ0) is 8.53. The van der Waals surface area contributed by atoms with E-state index in [1.807, 2.05) is 38.2 Å². The summed E-state index contributed by atoms with van der Waals surface area (Å²) in [5, 5.41) is 0. The number of rotatable bonds is 4. The highest BCUT2D eigenvalue weighted by atomic mass is 14.6. The van der Waals surface area contributed by atoms with Gasteiger partial charge in [0, 0.05) is 6.04 Å². The number of hydrogen-bond donors (Lipinski definition) is 1. The van der Waals surface area contributed by atoms with Gasteiger partial charge in [-0.2, -0.15) is 0 Å². The summed E-state index contributed by atoms with van der Waals surface area (Å²) in [6.07, 6.45) is 13.2. The van der Waals surface area contributed by atoms with E-state index in [9.17, 15) is 0 Å². The Morgan fingerprint density at radius 2 is 2.00 bits per heavy atom. The molecule has 0 aromatic carbocycles. The minimum atomic E-state index is 0.154. The first-order valence-corrected chi connectivity index (χ1v) is 3.97. The summed E-state index contributed by atoms with van der Waals surface area (Å²) in [6.45, 7) is 3.97. The molecular formula is C10H17N. The van der Waals surface area contributed by atoms with E-state index in [2.05, 4.69) is 12.2 Å². The van der Waals surface area contributed by atoms with Gasteiger partial charge in [0.25, 0.3) is 0 Å².